The standard InChI is InChI=1S/C24H30N2O2/c1-19-23(24(27)28-3)18-25(16-14-21-10-6-4-7-11-21)20(2)26(19)17-15-22-12-8-5-9-13-22/h4-13,18-20H,14-17H2,1-3H3/t19-,20-/m0/s1. The molecular formula is C24H30N2O2. The van der Waals surface area contributed by atoms with Crippen LogP contribution in [-0.4, -0.2) is 48.2 Å². The average Bonchev–Trinajstić information content (AvgIpc) is 2.74. The molecule has 0 N–H and O–H groups in total. The third-order valence-corrected chi connectivity index (χ3v) is 5.64. The molecule has 2 aromatic carbocycles. The molecular weight excluding hydrogens is 348 g/mol. The number of carbonyl (C=O) groups excluding carboxylic acids is 1. The van der Waals surface area contributed by atoms with E-state index in [1.807, 2.05) is 18.3 Å². The van der Waals surface area contributed by atoms with E-state index < -0.39 is 0 Å². The largest absolute Gasteiger partial charge is 0.466 e. The summed E-state index contributed by atoms with van der Waals surface area (Å²) in [5.74, 6) is -0.242. The quantitative estimate of drug-likeness (QED) is 0.685. The topological polar surface area (TPSA) is 32.8 Å². The van der Waals surface area contributed by atoms with Crippen molar-refractivity contribution >= 4 is 5.97 Å². The van der Waals surface area contributed by atoms with Crippen LogP contribution in [0.4, 0.5) is 0 Å². The number of methoxy groups -OCH3 is 1. The Morgan fingerprint density at radius 1 is 0.893 bits per heavy atom. The van der Waals surface area contributed by atoms with E-state index in [9.17, 15) is 4.79 Å². The second kappa shape index (κ2) is 9.56. The Labute approximate surface area is 168 Å². The number of nitrogens with zero attached hydrogens (tertiary/aromatic N) is 2. The van der Waals surface area contributed by atoms with E-state index in [0.29, 0.717) is 0 Å². The molecule has 1 heterocycles. The second-order valence-electron chi connectivity index (χ2n) is 7.33. The van der Waals surface area contributed by atoms with Gasteiger partial charge in [0.1, 0.15) is 0 Å². The molecule has 2 aromatic rings. The lowest BCUT2D eigenvalue weighted by Gasteiger charge is -2.45. The normalized spacial score (nSPS) is 20.0. The van der Waals surface area contributed by atoms with Crippen molar-refractivity contribution in [3.63, 3.8) is 0 Å². The summed E-state index contributed by atoms with van der Waals surface area (Å²) in [4.78, 5) is 17.0. The molecule has 1 aliphatic heterocycles. The molecule has 0 spiro atoms. The third-order valence-electron chi connectivity index (χ3n) is 5.64. The van der Waals surface area contributed by atoms with Gasteiger partial charge < -0.3 is 9.64 Å². The Morgan fingerprint density at radius 2 is 1.43 bits per heavy atom. The lowest BCUT2D eigenvalue weighted by Crippen LogP contribution is -2.54. The maximum atomic E-state index is 12.4. The zero-order valence-electron chi connectivity index (χ0n) is 17.0. The number of esters is 1. The number of hydrogen-bond acceptors (Lipinski definition) is 4. The molecule has 0 saturated carbocycles. The lowest BCUT2D eigenvalue weighted by atomic mass is 10.0. The van der Waals surface area contributed by atoms with E-state index in [2.05, 4.69) is 72.2 Å². The highest BCUT2D eigenvalue weighted by Gasteiger charge is 2.34. The van der Waals surface area contributed by atoms with Crippen molar-refractivity contribution in [1.82, 2.24) is 9.80 Å². The monoisotopic (exact) mass is 378 g/mol. The van der Waals surface area contributed by atoms with Gasteiger partial charge in [-0.1, -0.05) is 60.7 Å². The summed E-state index contributed by atoms with van der Waals surface area (Å²) in [5.41, 5.74) is 3.34. The highest BCUT2D eigenvalue weighted by Crippen LogP contribution is 2.25. The molecule has 28 heavy (non-hydrogen) atoms. The van der Waals surface area contributed by atoms with Crippen molar-refractivity contribution in [1.29, 1.82) is 0 Å². The van der Waals surface area contributed by atoms with Crippen LogP contribution in [0.5, 0.6) is 0 Å². The van der Waals surface area contributed by atoms with Crippen LogP contribution < -0.4 is 0 Å². The molecule has 0 amide bonds. The van der Waals surface area contributed by atoms with Crippen LogP contribution in [0.15, 0.2) is 72.4 Å². The lowest BCUT2D eigenvalue weighted by molar-refractivity contribution is -0.137. The summed E-state index contributed by atoms with van der Waals surface area (Å²) >= 11 is 0. The Kier molecular flexibility index (Phi) is 6.88. The first-order valence-corrected chi connectivity index (χ1v) is 9.99. The molecule has 2 atom stereocenters. The van der Waals surface area contributed by atoms with Crippen molar-refractivity contribution in [2.45, 2.75) is 38.9 Å². The molecule has 4 nitrogen and oxygen atoms in total. The van der Waals surface area contributed by atoms with E-state index in [-0.39, 0.29) is 18.2 Å². The van der Waals surface area contributed by atoms with Crippen LogP contribution in [-0.2, 0) is 22.4 Å². The van der Waals surface area contributed by atoms with Gasteiger partial charge in [0, 0.05) is 25.3 Å². The molecule has 1 aliphatic rings. The zero-order chi connectivity index (χ0) is 19.9. The minimum absolute atomic E-state index is 0.0270. The van der Waals surface area contributed by atoms with E-state index in [4.69, 9.17) is 4.74 Å². The van der Waals surface area contributed by atoms with E-state index in [1.54, 1.807) is 0 Å². The number of ether oxygens (including phenoxy) is 1. The van der Waals surface area contributed by atoms with Gasteiger partial charge in [0.15, 0.2) is 0 Å². The van der Waals surface area contributed by atoms with Crippen molar-refractivity contribution in [2.75, 3.05) is 20.2 Å². The summed E-state index contributed by atoms with van der Waals surface area (Å²) in [7, 11) is 1.45. The van der Waals surface area contributed by atoms with Crippen molar-refractivity contribution < 1.29 is 9.53 Å². The molecule has 0 fully saturated rings. The van der Waals surface area contributed by atoms with Crippen LogP contribution >= 0.6 is 0 Å². The number of carbonyl (C=O) groups is 1. The Hall–Kier alpha value is -2.59. The van der Waals surface area contributed by atoms with Gasteiger partial charge in [0.05, 0.1) is 18.8 Å². The Balaban J connectivity index is 1.75. The number of hydrogen-bond donors (Lipinski definition) is 0. The van der Waals surface area contributed by atoms with Crippen LogP contribution in [0.3, 0.4) is 0 Å². The van der Waals surface area contributed by atoms with Crippen LogP contribution in [0.2, 0.25) is 0 Å². The molecule has 3 rings (SSSR count). The van der Waals surface area contributed by atoms with Gasteiger partial charge in [-0.15, -0.1) is 0 Å². The summed E-state index contributed by atoms with van der Waals surface area (Å²) in [5, 5.41) is 0. The molecule has 0 aromatic heterocycles. The van der Waals surface area contributed by atoms with Crippen LogP contribution in [0.1, 0.15) is 25.0 Å². The van der Waals surface area contributed by atoms with Crippen molar-refractivity contribution in [3.05, 3.63) is 83.6 Å². The maximum Gasteiger partial charge on any atom is 0.336 e. The van der Waals surface area contributed by atoms with Gasteiger partial charge >= 0.3 is 5.97 Å². The van der Waals surface area contributed by atoms with Crippen LogP contribution in [0.25, 0.3) is 0 Å². The first-order valence-electron chi connectivity index (χ1n) is 9.99. The Bertz CT molecular complexity index is 789. The molecule has 148 valence electrons. The van der Waals surface area contributed by atoms with Gasteiger partial charge in [-0.25, -0.2) is 4.79 Å². The summed E-state index contributed by atoms with van der Waals surface area (Å²) in [6.07, 6.45) is 4.12. The third kappa shape index (κ3) is 4.82. The van der Waals surface area contributed by atoms with Crippen molar-refractivity contribution in [2.24, 2.45) is 0 Å². The summed E-state index contributed by atoms with van der Waals surface area (Å²) in [6, 6.07) is 21.0. The molecule has 0 radical (unpaired) electrons. The molecule has 0 unspecified atom stereocenters. The van der Waals surface area contributed by atoms with E-state index >= 15 is 0 Å². The van der Waals surface area contributed by atoms with Gasteiger partial charge in [0.2, 0.25) is 0 Å². The van der Waals surface area contributed by atoms with Gasteiger partial charge in [-0.2, -0.15) is 0 Å². The van der Waals surface area contributed by atoms with Gasteiger partial charge in [0.25, 0.3) is 0 Å². The number of benzene rings is 2. The predicted octanol–water partition coefficient (Wildman–Crippen LogP) is 3.88. The molecule has 0 aliphatic carbocycles. The fourth-order valence-electron chi connectivity index (χ4n) is 3.87. The Morgan fingerprint density at radius 3 is 1.96 bits per heavy atom. The van der Waals surface area contributed by atoms with Gasteiger partial charge in [-0.3, -0.25) is 4.90 Å². The van der Waals surface area contributed by atoms with E-state index in [1.165, 1.54) is 18.2 Å². The minimum Gasteiger partial charge on any atom is -0.466 e. The zero-order valence-corrected chi connectivity index (χ0v) is 17.0. The molecule has 0 bridgehead atoms. The molecule has 4 heteroatoms. The first-order chi connectivity index (χ1) is 13.6. The fourth-order valence-corrected chi connectivity index (χ4v) is 3.87. The van der Waals surface area contributed by atoms with Crippen LogP contribution in [0, 0.1) is 0 Å². The maximum absolute atomic E-state index is 12.4. The van der Waals surface area contributed by atoms with Gasteiger partial charge in [-0.05, 0) is 37.8 Å². The SMILES string of the molecule is COC(=O)C1=CN(CCc2ccccc2)[C@H](C)N(CCc2ccccc2)[C@H]1C. The highest BCUT2D eigenvalue weighted by atomic mass is 16.5. The smallest absolute Gasteiger partial charge is 0.336 e. The van der Waals surface area contributed by atoms with E-state index in [0.717, 1.165) is 31.5 Å². The second-order valence-corrected chi connectivity index (χ2v) is 7.33. The summed E-state index contributed by atoms with van der Waals surface area (Å²) in [6.45, 7) is 6.07. The fraction of sp³-hybridized carbons (Fsp3) is 0.375. The highest BCUT2D eigenvalue weighted by molar-refractivity contribution is 5.89. The molecule has 0 saturated heterocycles. The number of rotatable bonds is 7. The first kappa shape index (κ1) is 20.2. The summed E-state index contributed by atoms with van der Waals surface area (Å²) < 4.78 is 5.06. The van der Waals surface area contributed by atoms with Crippen molar-refractivity contribution in [3.8, 4) is 0 Å². The minimum atomic E-state index is -0.242. The predicted molar refractivity (Wildman–Crippen MR) is 113 cm³/mol. The average molecular weight is 379 g/mol.